The average molecular weight is 1280 g/mol. The van der Waals surface area contributed by atoms with E-state index in [-0.39, 0.29) is 105 Å². The number of fused-ring (bicyclic) bond motifs is 2. The molecule has 7 rings (SSSR count). The molecule has 0 aliphatic heterocycles. The fourth-order valence-electron chi connectivity index (χ4n) is 19.0. The normalized spacial score (nSPS) is 30.8. The molecule has 7 aliphatic rings. The van der Waals surface area contributed by atoms with Gasteiger partial charge in [0.2, 0.25) is 0 Å². The fourth-order valence-corrected chi connectivity index (χ4v) is 19.0. The van der Waals surface area contributed by atoms with Crippen molar-refractivity contribution < 1.29 is 33.9 Å². The van der Waals surface area contributed by atoms with Gasteiger partial charge in [0.15, 0.2) is 5.78 Å². The largest absolute Gasteiger partial charge is 0.100 e. The molecule has 13 heteroatoms. The first-order valence-electron chi connectivity index (χ1n) is 37.9. The van der Waals surface area contributed by atoms with Crippen LogP contribution in [-0.2, 0) is 28.8 Å². The average Bonchev–Trinajstić information content (AvgIpc) is 1.65. The molecule has 0 aromatic carbocycles. The number of allylic oxidation sites excluding steroid dienone is 5. The molecule has 0 saturated heterocycles. The number of amides is 2. The van der Waals surface area contributed by atoms with Crippen LogP contribution < -0.4 is 16.4 Å². The van der Waals surface area contributed by atoms with Gasteiger partial charge in [-0.25, -0.2) is 0 Å². The Morgan fingerprint density at radius 1 is 0.591 bits per heavy atom. The summed E-state index contributed by atoms with van der Waals surface area (Å²) in [7, 11) is 18.1. The van der Waals surface area contributed by atoms with Crippen LogP contribution in [0.3, 0.4) is 0 Å². The van der Waals surface area contributed by atoms with Crippen molar-refractivity contribution in [1.29, 1.82) is 0 Å². The van der Waals surface area contributed by atoms with E-state index in [0.717, 1.165) is 101 Å². The molecule has 10 nitrogen and oxygen atoms in total. The summed E-state index contributed by atoms with van der Waals surface area (Å²) in [6.07, 6.45) is 34.4. The predicted molar refractivity (Wildman–Crippen MR) is 389 cm³/mol. The maximum Gasteiger partial charge on any atom is -0.0295 e. The van der Waals surface area contributed by atoms with Gasteiger partial charge in [-0.1, -0.05) is 167 Å². The van der Waals surface area contributed by atoms with Crippen molar-refractivity contribution >= 4 is 63.8 Å². The summed E-state index contributed by atoms with van der Waals surface area (Å²) in [4.78, 5) is 77.5. The molecule has 11 unspecified atom stereocenters. The minimum Gasteiger partial charge on any atom is -0.100 e. The van der Waals surface area contributed by atoms with Crippen molar-refractivity contribution in [2.45, 2.75) is 330 Å². The Bertz CT molecular complexity index is 2520. The van der Waals surface area contributed by atoms with Gasteiger partial charge in [0, 0.05) is 19.3 Å². The molecule has 93 heavy (non-hydrogen) atoms. The molecule has 2 amide bonds. The standard InChI is InChI=1S/C40H57B3N3O7.C20H38.C20H36/c1-23-17-26(7-10-29(23)41)20-35(47)32(44)13-15-38(50)46-34(37(49)22-28-9-12-31(43)25(3)19-28)14-16-39(51)45-33(5-4-6-40(52)53)36(48)21-27-8-11-30(42)24(2)18-27;2*1-6-17-11-8-14-20(5)18(12-13-19(17)20)16(4)10-7-9-15(2)3/h26-30,32-34H,1-22,44H2,(H,45,51)(H,46,50)(H,52,53);15-19H,6-14H2,1-5H3;6,15-16,18-19H,7-14H2,1-5H3/b;;17-6+/t26?,27?,28?,29-,30-,32?,33?,34?;16?,17?,18?,19-,20+;16?,18?,19-,20+/m011/s1. The number of carboxylic acids is 1. The topological polar surface area (TPSA) is 173 Å². The monoisotopic (exact) mass is 1280 g/mol. The second-order valence-electron chi connectivity index (χ2n) is 32.7. The van der Waals surface area contributed by atoms with Crippen LogP contribution in [0.15, 0.2) is 48.1 Å². The number of nitrogens with two attached hydrogens (primary N) is 1. The molecule has 0 aromatic heterocycles. The van der Waals surface area contributed by atoms with Crippen LogP contribution in [0.4, 0.5) is 0 Å². The Labute approximate surface area is 571 Å². The van der Waals surface area contributed by atoms with Crippen LogP contribution >= 0.6 is 0 Å². The SMILES string of the molecule is C/C=C1\CCC[C@@]2(C)C(C(C)CCCC(C)C)CC[C@H]12.CCC1CCC[C@@]2(C)C(C(C)CCCC(C)C)CC[C@H]12.[B][C@H]1CCC(CC(=O)C(N)CCC(=O)NC(CCC(=O)NC(CCCC(=O)O)C(=O)CC2CC[C@H]([B])C(=C)C2)C(=O)CC2CCC(=[B])C(=C)C2)CC1=C. The maximum absolute atomic E-state index is 13.6. The zero-order valence-electron chi connectivity index (χ0n) is 60.7. The first kappa shape index (κ1) is 80.1. The van der Waals surface area contributed by atoms with Crippen LogP contribution in [0.2, 0.25) is 11.6 Å². The number of rotatable bonds is 32. The summed E-state index contributed by atoms with van der Waals surface area (Å²) in [5.41, 5.74) is 12.6. The predicted octanol–water partition coefficient (Wildman–Crippen LogP) is 17.6. The number of ketones is 3. The van der Waals surface area contributed by atoms with Crippen LogP contribution in [0.25, 0.3) is 0 Å². The third kappa shape index (κ3) is 24.7. The number of Topliss-reactive ketones (excluding diaryl/α,β-unsaturated/α-hetero) is 3. The van der Waals surface area contributed by atoms with E-state index < -0.39 is 35.9 Å². The smallest absolute Gasteiger partial charge is 0.0295 e. The number of nitrogens with one attached hydrogen (secondary N) is 2. The van der Waals surface area contributed by atoms with Gasteiger partial charge in [0.05, 0.1) is 15.7 Å². The zero-order valence-corrected chi connectivity index (χ0v) is 60.7. The number of carbonyl (C=O) groups is 6. The Kier molecular flexibility index (Phi) is 33.7. The van der Waals surface area contributed by atoms with E-state index in [1.807, 2.05) is 0 Å². The molecular formula is C80H131B3N3O7. The van der Waals surface area contributed by atoms with Gasteiger partial charge in [-0.05, 0) is 173 Å². The quantitative estimate of drug-likeness (QED) is 0.0381. The molecule has 17 atom stereocenters. The summed E-state index contributed by atoms with van der Waals surface area (Å²) in [6, 6.07) is -2.70. The molecule has 7 aliphatic carbocycles. The molecule has 0 spiro atoms. The van der Waals surface area contributed by atoms with Crippen molar-refractivity contribution in [3.8, 4) is 0 Å². The first-order valence-corrected chi connectivity index (χ1v) is 37.9. The number of hydrogen-bond acceptors (Lipinski definition) is 7. The minimum absolute atomic E-state index is 0.00588. The van der Waals surface area contributed by atoms with Crippen molar-refractivity contribution in [2.75, 3.05) is 0 Å². The van der Waals surface area contributed by atoms with Gasteiger partial charge in [-0.2, -0.15) is 0 Å². The van der Waals surface area contributed by atoms with Crippen LogP contribution in [-0.4, -0.2) is 87.0 Å². The molecule has 517 valence electrons. The Morgan fingerprint density at radius 3 is 1.61 bits per heavy atom. The van der Waals surface area contributed by atoms with E-state index in [1.54, 1.807) is 5.57 Å². The number of hydrogen-bond donors (Lipinski definition) is 4. The molecule has 5 radical (unpaired) electrons. The van der Waals surface area contributed by atoms with Gasteiger partial charge in [-0.3, -0.25) is 14.4 Å². The molecule has 0 bridgehead atoms. The van der Waals surface area contributed by atoms with Crippen LogP contribution in [0.5, 0.6) is 0 Å². The maximum atomic E-state index is 13.6. The molecule has 0 heterocycles. The van der Waals surface area contributed by atoms with Gasteiger partial charge < -0.3 is 10.8 Å². The second kappa shape index (κ2) is 39.1. The van der Waals surface area contributed by atoms with E-state index in [0.29, 0.717) is 49.4 Å². The third-order valence-electron chi connectivity index (χ3n) is 24.8. The summed E-state index contributed by atoms with van der Waals surface area (Å²) in [5, 5.41) is 14.7. The van der Waals surface area contributed by atoms with Crippen LogP contribution in [0.1, 0.15) is 300 Å². The minimum atomic E-state index is -0.995. The third-order valence-corrected chi connectivity index (χ3v) is 24.8. The first-order chi connectivity index (χ1) is 44.0. The van der Waals surface area contributed by atoms with E-state index in [1.165, 1.54) is 109 Å². The zero-order chi connectivity index (χ0) is 68.7. The summed E-state index contributed by atoms with van der Waals surface area (Å²) in [5.74, 6) is 6.22. The molecule has 0 aromatic rings. The molecule has 7 saturated carbocycles. The number of carboxylic acid groups (broad SMARTS) is 1. The number of carbonyl (C=O) groups excluding carboxylic acids is 5. The summed E-state index contributed by atoms with van der Waals surface area (Å²) >= 11 is 0. The molecule has 5 N–H and O–H groups in total. The fraction of sp³-hybridized carbons (Fsp3) is 0.812. The van der Waals surface area contributed by atoms with Crippen LogP contribution in [0, 0.1) is 81.8 Å². The second-order valence-corrected chi connectivity index (χ2v) is 32.7. The van der Waals surface area contributed by atoms with Crippen molar-refractivity contribution in [3.05, 3.63) is 48.1 Å². The van der Waals surface area contributed by atoms with Gasteiger partial charge in [0.1, 0.15) is 5.78 Å². The van der Waals surface area contributed by atoms with Crippen molar-refractivity contribution in [1.82, 2.24) is 10.6 Å². The van der Waals surface area contributed by atoms with Crippen molar-refractivity contribution in [2.24, 2.45) is 87.6 Å². The van der Waals surface area contributed by atoms with E-state index >= 15 is 0 Å². The Hall–Kier alpha value is -3.60. The van der Waals surface area contributed by atoms with Gasteiger partial charge >= 0.3 is 149 Å². The van der Waals surface area contributed by atoms with E-state index in [2.05, 4.69) is 106 Å². The summed E-state index contributed by atoms with van der Waals surface area (Å²) < 4.78 is 0. The van der Waals surface area contributed by atoms with Crippen molar-refractivity contribution in [3.63, 3.8) is 0 Å². The Balaban J connectivity index is 0.000000315. The molecule has 7 fully saturated rings. The van der Waals surface area contributed by atoms with Gasteiger partial charge in [0.25, 0.3) is 0 Å². The van der Waals surface area contributed by atoms with E-state index in [4.69, 9.17) is 34.0 Å². The molecular weight excluding hydrogens is 1150 g/mol. The van der Waals surface area contributed by atoms with E-state index in [9.17, 15) is 28.8 Å². The Morgan fingerprint density at radius 2 is 1.10 bits per heavy atom. The van der Waals surface area contributed by atoms with Gasteiger partial charge in [-0.15, -0.1) is 13.2 Å². The number of aliphatic carboxylic acids is 1. The summed E-state index contributed by atoms with van der Waals surface area (Å²) in [6.45, 7) is 36.6.